The van der Waals surface area contributed by atoms with Gasteiger partial charge < -0.3 is 38.8 Å². The second kappa shape index (κ2) is 44.4. The number of quaternary nitrogens is 1. The van der Waals surface area contributed by atoms with Gasteiger partial charge in [-0.15, -0.1) is 0 Å². The van der Waals surface area contributed by atoms with E-state index in [4.69, 9.17) is 0 Å². The second-order valence-corrected chi connectivity index (χ2v) is 39.9. The number of fused-ring (bicyclic) bond motifs is 7. The molecule has 3 unspecified atom stereocenters. The molecule has 0 radical (unpaired) electrons. The van der Waals surface area contributed by atoms with Crippen molar-refractivity contribution in [1.82, 2.24) is 38.9 Å². The van der Waals surface area contributed by atoms with Gasteiger partial charge in [-0.05, 0) is 146 Å². The van der Waals surface area contributed by atoms with E-state index in [0.717, 1.165) is 122 Å². The number of likely N-dealkylation sites (N-methyl/N-ethyl adjacent to an activating group) is 1. The van der Waals surface area contributed by atoms with Gasteiger partial charge in [-0.2, -0.15) is 9.13 Å². The molecule has 6 aromatic rings. The molecule has 123 heavy (non-hydrogen) atoms. The summed E-state index contributed by atoms with van der Waals surface area (Å²) >= 11 is 0. The topological polar surface area (TPSA) is 170 Å². The molecule has 0 bridgehead atoms. The number of amides is 7. The predicted octanol–water partition coefficient (Wildman–Crippen LogP) is 13.7. The molecule has 2 fully saturated rings. The molecule has 0 N–H and O–H groups in total. The summed E-state index contributed by atoms with van der Waals surface area (Å²) in [6.07, 6.45) is 25.6. The van der Waals surface area contributed by atoms with Gasteiger partial charge in [0, 0.05) is 152 Å². The van der Waals surface area contributed by atoms with Crippen LogP contribution in [0.25, 0.3) is 0 Å². The minimum atomic E-state index is 0.0804. The van der Waals surface area contributed by atoms with Crippen LogP contribution < -0.4 is 27.4 Å². The Balaban J connectivity index is 0.000000178. The van der Waals surface area contributed by atoms with E-state index in [9.17, 15) is 33.6 Å². The Bertz CT molecular complexity index is 4530. The molecule has 22 heteroatoms. The average molecular weight is 1700 g/mol. The predicted molar refractivity (Wildman–Crippen MR) is 485 cm³/mol. The first kappa shape index (κ1) is 99.6. The van der Waals surface area contributed by atoms with Crippen LogP contribution >= 0.6 is 0 Å². The van der Waals surface area contributed by atoms with Gasteiger partial charge >= 0.3 is 0 Å². The van der Waals surface area contributed by atoms with Crippen molar-refractivity contribution in [2.75, 3.05) is 52.9 Å². The van der Waals surface area contributed by atoms with Gasteiger partial charge in [-0.3, -0.25) is 33.6 Å². The SMILES string of the molecule is CC(C)C(=O)N1CCC2C1CC[N+]2(C)C(C)C.CC(C)C(=O)N1CC[n+]2ccn(C(C)C)c2C1.CC(C)C(=O)N1CCc2c(ccc[n+]2C(C)C)C1.CC(C)C(=O)N1CCc2c[n+](C(C)C)ccc2C1.CC(C)C(=O)N1CCc2cc[n+](C(C)C)cc2C1.CC(C)C(=O)N1CCc2ccc[n+](C(C)C)c2C1.CC(C)C(=O)N1Cc2ccc[n+](C(C)C)c2C1. The molecule has 3 atom stereocenters. The molecule has 0 spiro atoms. The number of carbonyl (C=O) groups excluding carboxylic acids is 7. The maximum Gasteiger partial charge on any atom is 0.276 e. The van der Waals surface area contributed by atoms with Gasteiger partial charge in [0.25, 0.3) is 5.82 Å². The quantitative estimate of drug-likeness (QED) is 0.0771. The lowest BCUT2D eigenvalue weighted by Gasteiger charge is -2.39. The van der Waals surface area contributed by atoms with Crippen molar-refractivity contribution in [2.24, 2.45) is 41.4 Å². The zero-order valence-electron chi connectivity index (χ0n) is 81.5. The Morgan fingerprint density at radius 3 is 1.18 bits per heavy atom. The third kappa shape index (κ3) is 25.1. The van der Waals surface area contributed by atoms with Crippen LogP contribution in [0.5, 0.6) is 0 Å². The highest BCUT2D eigenvalue weighted by Crippen LogP contribution is 2.39. The van der Waals surface area contributed by atoms with Crippen LogP contribution in [-0.4, -0.2) is 156 Å². The van der Waals surface area contributed by atoms with Gasteiger partial charge in [0.1, 0.15) is 44.6 Å². The highest BCUT2D eigenvalue weighted by Gasteiger charge is 2.54. The van der Waals surface area contributed by atoms with E-state index in [1.807, 2.05) is 126 Å². The lowest BCUT2D eigenvalue weighted by atomic mass is 10.0. The fourth-order valence-electron chi connectivity index (χ4n) is 18.4. The third-order valence-electron chi connectivity index (χ3n) is 26.1. The summed E-state index contributed by atoms with van der Waals surface area (Å²) in [7, 11) is 2.37. The summed E-state index contributed by atoms with van der Waals surface area (Å²) in [5.41, 5.74) is 13.3. The Labute approximate surface area is 741 Å². The molecule has 22 nitrogen and oxygen atoms in total. The molecule has 14 heterocycles. The molecular formula is C101H162N15O7+7. The molecule has 8 aliphatic heterocycles. The van der Waals surface area contributed by atoms with Crippen LogP contribution in [0.15, 0.2) is 104 Å². The van der Waals surface area contributed by atoms with E-state index in [0.29, 0.717) is 60.3 Å². The number of likely N-dealkylation sites (tertiary alicyclic amines) is 2. The van der Waals surface area contributed by atoms with Crippen LogP contribution in [0.2, 0.25) is 0 Å². The standard InChI is InChI=1S/4C15H23N2O.C14H27N2O.C14H21N2O.C13H22N3O/c1-11(2)15(18)17-8-6-13-9-16(12(3)4)7-5-14(13)10-17;1-11(2)15(18)17-8-6-13-5-7-16(12(3)4)9-14(13)10-17;1-11(2)15(18)16-9-7-14-13(10-16)6-5-8-17(14)12(3)4;1-11(2)15(18)16-9-7-13-6-5-8-17(12(3)4)14(13)10-16;1-10(2)14(17)15-8-6-13-12(15)7-9-16(13,5)11(3)4;1-10(2)14(17)15-8-12-6-5-7-16(11(3)4)13(12)9-15;1-10(2)13(17)15-6-5-14-7-8-16(11(3)4)12(14)9-15/h2*5,7,9,11-12H,6,8,10H2,1-4H3;2*5-6,8,11-12H,7,9-10H2,1-4H3;10-13H,6-9H2,1-5H3;5-7,10-11H,8-9H2,1-4H3;7-8,10-11H,5-6,9H2,1-4H3/q7*+1. The van der Waals surface area contributed by atoms with Crippen LogP contribution in [0, 0.1) is 41.4 Å². The largest absolute Gasteiger partial charge is 0.338 e. The highest BCUT2D eigenvalue weighted by molar-refractivity contribution is 5.81. The summed E-state index contributed by atoms with van der Waals surface area (Å²) < 4.78 is 17.0. The first-order valence-electron chi connectivity index (χ1n) is 46.9. The summed E-state index contributed by atoms with van der Waals surface area (Å²) in [4.78, 5) is 98.4. The van der Waals surface area contributed by atoms with E-state index in [-0.39, 0.29) is 76.9 Å². The monoisotopic (exact) mass is 1700 g/mol. The van der Waals surface area contributed by atoms with Crippen LogP contribution in [0.4, 0.5) is 0 Å². The molecule has 0 aromatic carbocycles. The number of aromatic nitrogens is 7. The highest BCUT2D eigenvalue weighted by atomic mass is 16.2. The number of rotatable bonds is 14. The molecule has 7 amide bonds. The van der Waals surface area contributed by atoms with Gasteiger partial charge in [0.15, 0.2) is 79.3 Å². The first-order valence-corrected chi connectivity index (χ1v) is 46.9. The Morgan fingerprint density at radius 2 is 0.715 bits per heavy atom. The maximum absolute atomic E-state index is 12.2. The zero-order valence-corrected chi connectivity index (χ0v) is 81.5. The summed E-state index contributed by atoms with van der Waals surface area (Å²) in [5, 5.41) is 0. The van der Waals surface area contributed by atoms with Gasteiger partial charge in [-0.25, -0.2) is 22.8 Å². The number of nitrogens with zero attached hydrogens (tertiary/aromatic N) is 15. The molecule has 14 rings (SSSR count). The molecule has 6 aromatic heterocycles. The fraction of sp³-hybridized carbons (Fsp3) is 0.653. The first-order chi connectivity index (χ1) is 57.9. The molecule has 2 saturated heterocycles. The van der Waals surface area contributed by atoms with Crippen LogP contribution in [0.3, 0.4) is 0 Å². The van der Waals surface area contributed by atoms with Crippen molar-refractivity contribution in [3.05, 3.63) is 166 Å². The Kier molecular flexibility index (Phi) is 36.0. The van der Waals surface area contributed by atoms with E-state index in [1.165, 1.54) is 81.2 Å². The lowest BCUT2D eigenvalue weighted by Crippen LogP contribution is -2.54. The normalized spacial score (nSPS) is 18.1. The zero-order chi connectivity index (χ0) is 91.1. The second-order valence-electron chi connectivity index (χ2n) is 39.9. The number of hydrogen-bond acceptors (Lipinski definition) is 7. The average Bonchev–Trinajstić information content (AvgIpc) is 1.59. The van der Waals surface area contributed by atoms with Gasteiger partial charge in [0.2, 0.25) is 52.7 Å². The Morgan fingerprint density at radius 1 is 0.341 bits per heavy atom. The number of imidazole rings is 1. The van der Waals surface area contributed by atoms with Crippen LogP contribution in [0.1, 0.15) is 305 Å². The van der Waals surface area contributed by atoms with Gasteiger partial charge in [0.05, 0.1) is 64.3 Å². The van der Waals surface area contributed by atoms with E-state index < -0.39 is 0 Å². The lowest BCUT2D eigenvalue weighted by molar-refractivity contribution is -0.940. The van der Waals surface area contributed by atoms with Crippen molar-refractivity contribution in [1.29, 1.82) is 0 Å². The molecule has 8 aliphatic rings. The Hall–Kier alpha value is -8.79. The van der Waals surface area contributed by atoms with Crippen molar-refractivity contribution in [3.63, 3.8) is 0 Å². The maximum atomic E-state index is 12.2. The van der Waals surface area contributed by atoms with Crippen molar-refractivity contribution in [2.45, 2.75) is 339 Å². The minimum absolute atomic E-state index is 0.0804. The summed E-state index contributed by atoms with van der Waals surface area (Å²) in [6.45, 7) is 71.1. The third-order valence-corrected chi connectivity index (χ3v) is 26.1. The molecule has 0 saturated carbocycles. The van der Waals surface area contributed by atoms with Crippen molar-refractivity contribution in [3.8, 4) is 0 Å². The van der Waals surface area contributed by atoms with E-state index >= 15 is 0 Å². The number of carbonyl (C=O) groups is 7. The van der Waals surface area contributed by atoms with Crippen LogP contribution in [-0.2, 0) is 112 Å². The van der Waals surface area contributed by atoms with Gasteiger partial charge in [-0.1, -0.05) is 96.9 Å². The molecule has 0 aliphatic carbocycles. The smallest absolute Gasteiger partial charge is 0.276 e. The number of pyridine rings is 5. The van der Waals surface area contributed by atoms with Crippen molar-refractivity contribution >= 4 is 41.4 Å². The minimum Gasteiger partial charge on any atom is -0.338 e. The molecular weight excluding hydrogens is 1540 g/mol. The summed E-state index contributed by atoms with van der Waals surface area (Å²) in [6, 6.07) is 21.7. The fourth-order valence-corrected chi connectivity index (χ4v) is 18.4. The summed E-state index contributed by atoms with van der Waals surface area (Å²) in [5.74, 6) is 3.83. The van der Waals surface area contributed by atoms with E-state index in [1.54, 1.807) is 0 Å². The molecule has 676 valence electrons. The van der Waals surface area contributed by atoms with E-state index in [2.05, 4.69) is 245 Å². The number of hydrogen-bond donors (Lipinski definition) is 0. The van der Waals surface area contributed by atoms with Crippen molar-refractivity contribution < 1.29 is 65.4 Å².